The molecule has 1 fully saturated rings. The van der Waals surface area contributed by atoms with Gasteiger partial charge in [-0.3, -0.25) is 4.98 Å². The third-order valence-corrected chi connectivity index (χ3v) is 9.63. The van der Waals surface area contributed by atoms with Crippen LogP contribution < -0.4 is 19.5 Å². The number of likely N-dealkylation sites (tertiary alicyclic amines) is 1. The smallest absolute Gasteiger partial charge is 0.240 e. The zero-order chi connectivity index (χ0) is 37.9. The van der Waals surface area contributed by atoms with E-state index in [1.807, 2.05) is 24.3 Å². The molecule has 3 heterocycles. The van der Waals surface area contributed by atoms with Crippen molar-refractivity contribution in [3.63, 3.8) is 0 Å². The first-order valence-corrected chi connectivity index (χ1v) is 18.3. The van der Waals surface area contributed by atoms with Crippen LogP contribution in [-0.4, -0.2) is 64.6 Å². The van der Waals surface area contributed by atoms with Gasteiger partial charge < -0.3 is 38.8 Å². The number of ether oxygens (including phenoxy) is 4. The lowest BCUT2D eigenvalue weighted by molar-refractivity contribution is 0.173. The highest BCUT2D eigenvalue weighted by Gasteiger charge is 2.20. The second-order valence-electron chi connectivity index (χ2n) is 13.3. The topological polar surface area (TPSA) is 148 Å². The van der Waals surface area contributed by atoms with Gasteiger partial charge >= 0.3 is 0 Å². The molecule has 3 aromatic carbocycles. The zero-order valence-corrected chi connectivity index (χ0v) is 31.6. The Morgan fingerprint density at radius 1 is 0.944 bits per heavy atom. The number of pyridine rings is 1. The summed E-state index contributed by atoms with van der Waals surface area (Å²) in [6.07, 6.45) is 4.71. The van der Waals surface area contributed by atoms with Crippen molar-refractivity contribution in [1.82, 2.24) is 25.3 Å². The van der Waals surface area contributed by atoms with Gasteiger partial charge in [-0.05, 0) is 72.7 Å². The summed E-state index contributed by atoms with van der Waals surface area (Å²) in [5.41, 5.74) is 7.39. The van der Waals surface area contributed by atoms with E-state index in [1.165, 1.54) is 6.20 Å². The fraction of sp³-hybridized carbons (Fsp3) is 0.366. The monoisotopic (exact) mass is 752 g/mol. The second kappa shape index (κ2) is 18.8. The number of nitrogens with one attached hydrogen (secondary N) is 1. The van der Waals surface area contributed by atoms with Gasteiger partial charge in [0.2, 0.25) is 5.89 Å². The largest absolute Gasteiger partial charge is 0.493 e. The Hall–Kier alpha value is -5.03. The molecule has 0 aliphatic carbocycles. The molecular weight excluding hydrogens is 708 g/mol. The van der Waals surface area contributed by atoms with Crippen LogP contribution in [0.4, 0.5) is 0 Å². The van der Waals surface area contributed by atoms with E-state index in [4.69, 9.17) is 35.1 Å². The van der Waals surface area contributed by atoms with Crippen molar-refractivity contribution >= 4 is 11.6 Å². The molecule has 282 valence electrons. The summed E-state index contributed by atoms with van der Waals surface area (Å²) in [6, 6.07) is 19.8. The van der Waals surface area contributed by atoms with E-state index >= 15 is 0 Å². The zero-order valence-electron chi connectivity index (χ0n) is 30.8. The van der Waals surface area contributed by atoms with Gasteiger partial charge in [-0.2, -0.15) is 10.2 Å². The molecule has 1 atom stereocenters. The summed E-state index contributed by atoms with van der Waals surface area (Å²) in [4.78, 5) is 10.8. The normalized spacial score (nSPS) is 14.3. The SMILES string of the molecule is COCc1noc(CNCc2cc(Cl)c(OCc3cccc(-c4cccc(OCCCN5CC[C@@H](O)C5)c4C)c3C)cc2OCc2cncc(C#N)c2)n1. The molecule has 0 amide bonds. The Kier molecular flexibility index (Phi) is 13.5. The summed E-state index contributed by atoms with van der Waals surface area (Å²) < 4.78 is 29.3. The number of methoxy groups -OCH3 is 1. The minimum absolute atomic E-state index is 0.187. The summed E-state index contributed by atoms with van der Waals surface area (Å²) in [5, 5.41) is 26.8. The lowest BCUT2D eigenvalue weighted by Crippen LogP contribution is -2.24. The first-order valence-electron chi connectivity index (χ1n) is 18.0. The van der Waals surface area contributed by atoms with Gasteiger partial charge in [0.15, 0.2) is 5.82 Å². The van der Waals surface area contributed by atoms with E-state index in [-0.39, 0.29) is 25.9 Å². The standard InChI is InChI=1S/C41H45ClN6O6/c1-27-31(7-4-8-34(27)35-9-5-10-37(28(35)2)51-14-6-12-48-13-11-33(49)23-48)25-53-39-17-38(52-24-30-15-29(18-43)19-44-20-30)32(16-36(39)42)21-45-22-41-46-40(26-50-3)47-54-41/h4-5,7-10,15-17,19-20,33,45,49H,6,11-14,21-26H2,1-3H3/t33-/m1/s1. The number of aliphatic hydroxyl groups excluding tert-OH is 1. The average molecular weight is 753 g/mol. The summed E-state index contributed by atoms with van der Waals surface area (Å²) in [7, 11) is 1.57. The molecule has 2 N–H and O–H groups in total. The quantitative estimate of drug-likeness (QED) is 0.0918. The van der Waals surface area contributed by atoms with Crippen LogP contribution in [0.1, 0.15) is 57.9 Å². The highest BCUT2D eigenvalue weighted by Crippen LogP contribution is 2.36. The minimum atomic E-state index is -0.208. The Morgan fingerprint density at radius 2 is 1.76 bits per heavy atom. The van der Waals surface area contributed by atoms with Crippen molar-refractivity contribution in [1.29, 1.82) is 5.26 Å². The van der Waals surface area contributed by atoms with Crippen LogP contribution in [0.3, 0.4) is 0 Å². The molecule has 54 heavy (non-hydrogen) atoms. The molecule has 1 saturated heterocycles. The van der Waals surface area contributed by atoms with E-state index in [0.717, 1.165) is 77.2 Å². The van der Waals surface area contributed by atoms with Crippen LogP contribution in [-0.2, 0) is 37.6 Å². The van der Waals surface area contributed by atoms with Gasteiger partial charge in [-0.15, -0.1) is 0 Å². The molecule has 13 heteroatoms. The Labute approximate surface area is 320 Å². The van der Waals surface area contributed by atoms with E-state index in [0.29, 0.717) is 53.5 Å². The van der Waals surface area contributed by atoms with Gasteiger partial charge in [0.05, 0.1) is 29.8 Å². The predicted octanol–water partition coefficient (Wildman–Crippen LogP) is 6.70. The molecule has 6 rings (SSSR count). The lowest BCUT2D eigenvalue weighted by atomic mass is 9.93. The molecule has 1 aliphatic rings. The number of aliphatic hydroxyl groups is 1. The third kappa shape index (κ3) is 10.1. The van der Waals surface area contributed by atoms with Crippen LogP contribution in [0.15, 0.2) is 71.5 Å². The molecule has 5 aromatic rings. The Bertz CT molecular complexity index is 2070. The van der Waals surface area contributed by atoms with E-state index < -0.39 is 0 Å². The number of nitriles is 1. The van der Waals surface area contributed by atoms with Crippen molar-refractivity contribution in [2.75, 3.05) is 33.4 Å². The summed E-state index contributed by atoms with van der Waals surface area (Å²) in [6.45, 7) is 8.86. The van der Waals surface area contributed by atoms with Gasteiger partial charge in [-0.1, -0.05) is 47.1 Å². The Morgan fingerprint density at radius 3 is 2.56 bits per heavy atom. The number of nitrogens with zero attached hydrogens (tertiary/aromatic N) is 5. The van der Waals surface area contributed by atoms with E-state index in [1.54, 1.807) is 25.4 Å². The first-order chi connectivity index (χ1) is 26.3. The van der Waals surface area contributed by atoms with E-state index in [2.05, 4.69) is 63.5 Å². The van der Waals surface area contributed by atoms with Crippen molar-refractivity contribution in [2.24, 2.45) is 0 Å². The maximum atomic E-state index is 9.80. The van der Waals surface area contributed by atoms with Gasteiger partial charge in [0.25, 0.3) is 0 Å². The lowest BCUT2D eigenvalue weighted by Gasteiger charge is -2.19. The Balaban J connectivity index is 1.15. The average Bonchev–Trinajstić information content (AvgIpc) is 3.82. The van der Waals surface area contributed by atoms with Crippen LogP contribution in [0, 0.1) is 25.2 Å². The number of benzene rings is 3. The maximum absolute atomic E-state index is 9.80. The first kappa shape index (κ1) is 38.7. The highest BCUT2D eigenvalue weighted by atomic mass is 35.5. The van der Waals surface area contributed by atoms with Crippen molar-refractivity contribution < 1.29 is 28.6 Å². The van der Waals surface area contributed by atoms with Crippen molar-refractivity contribution in [3.05, 3.63) is 117 Å². The fourth-order valence-corrected chi connectivity index (χ4v) is 6.68. The van der Waals surface area contributed by atoms with E-state index in [9.17, 15) is 10.4 Å². The van der Waals surface area contributed by atoms with Crippen LogP contribution in [0.25, 0.3) is 11.1 Å². The third-order valence-electron chi connectivity index (χ3n) is 9.34. The fourth-order valence-electron chi connectivity index (χ4n) is 6.44. The second-order valence-corrected chi connectivity index (χ2v) is 13.7. The van der Waals surface area contributed by atoms with Gasteiger partial charge in [0, 0.05) is 62.9 Å². The number of hydrogen-bond acceptors (Lipinski definition) is 12. The molecule has 0 radical (unpaired) electrons. The molecule has 2 aromatic heterocycles. The summed E-state index contributed by atoms with van der Waals surface area (Å²) >= 11 is 6.82. The van der Waals surface area contributed by atoms with Gasteiger partial charge in [0.1, 0.15) is 43.1 Å². The molecular formula is C41H45ClN6O6. The van der Waals surface area contributed by atoms with Crippen molar-refractivity contribution in [3.8, 4) is 34.4 Å². The number of hydrogen-bond donors (Lipinski definition) is 2. The maximum Gasteiger partial charge on any atom is 0.240 e. The molecule has 0 saturated carbocycles. The molecule has 12 nitrogen and oxygen atoms in total. The molecule has 0 bridgehead atoms. The minimum Gasteiger partial charge on any atom is -0.493 e. The molecule has 0 spiro atoms. The highest BCUT2D eigenvalue weighted by molar-refractivity contribution is 6.32. The molecule has 0 unspecified atom stereocenters. The van der Waals surface area contributed by atoms with Crippen LogP contribution >= 0.6 is 11.6 Å². The number of aromatic nitrogens is 3. The van der Waals surface area contributed by atoms with Gasteiger partial charge in [-0.25, -0.2) is 0 Å². The molecule has 1 aliphatic heterocycles. The van der Waals surface area contributed by atoms with Crippen LogP contribution in [0.2, 0.25) is 5.02 Å². The van der Waals surface area contributed by atoms with Crippen molar-refractivity contribution in [2.45, 2.75) is 65.7 Å². The number of rotatable bonds is 18. The predicted molar refractivity (Wildman–Crippen MR) is 203 cm³/mol. The van der Waals surface area contributed by atoms with Crippen LogP contribution in [0.5, 0.6) is 17.2 Å². The number of β-amino-alcohol motifs (C(OH)–C–C–N with tert-alkyl or cyclic N) is 1. The number of halogens is 1. The summed E-state index contributed by atoms with van der Waals surface area (Å²) in [5.74, 6) is 2.80.